The van der Waals surface area contributed by atoms with Gasteiger partial charge in [0.1, 0.15) is 12.5 Å². The van der Waals surface area contributed by atoms with E-state index in [2.05, 4.69) is 10.3 Å². The second kappa shape index (κ2) is 6.07. The highest BCUT2D eigenvalue weighted by Crippen LogP contribution is 2.28. The molecule has 0 saturated carbocycles. The van der Waals surface area contributed by atoms with Crippen molar-refractivity contribution in [3.63, 3.8) is 0 Å². The molecule has 8 nitrogen and oxygen atoms in total. The van der Waals surface area contributed by atoms with Crippen LogP contribution in [0.3, 0.4) is 0 Å². The summed E-state index contributed by atoms with van der Waals surface area (Å²) < 4.78 is 24.3. The molecule has 1 aromatic carbocycles. The fraction of sp³-hybridized carbons (Fsp3) is 0.375. The third kappa shape index (κ3) is 2.95. The molecule has 1 unspecified atom stereocenters. The van der Waals surface area contributed by atoms with E-state index in [0.29, 0.717) is 29.9 Å². The van der Waals surface area contributed by atoms with Crippen molar-refractivity contribution in [2.24, 2.45) is 16.2 Å². The van der Waals surface area contributed by atoms with E-state index >= 15 is 0 Å². The highest BCUT2D eigenvalue weighted by Gasteiger charge is 2.35. The Morgan fingerprint density at radius 1 is 1.36 bits per heavy atom. The van der Waals surface area contributed by atoms with Gasteiger partial charge in [-0.1, -0.05) is 5.16 Å². The van der Waals surface area contributed by atoms with Gasteiger partial charge in [-0.2, -0.15) is 5.10 Å². The Hall–Kier alpha value is -2.55. The molecule has 25 heavy (non-hydrogen) atoms. The largest absolute Gasteiger partial charge is 0.395 e. The van der Waals surface area contributed by atoms with Gasteiger partial charge in [0.25, 0.3) is 5.91 Å². The van der Waals surface area contributed by atoms with Crippen molar-refractivity contribution < 1.29 is 22.8 Å². The summed E-state index contributed by atoms with van der Waals surface area (Å²) >= 11 is 0. The van der Waals surface area contributed by atoms with Crippen LogP contribution in [0.4, 0.5) is 0 Å². The number of sulfone groups is 1. The second-order valence-electron chi connectivity index (χ2n) is 5.97. The molecule has 2 aliphatic rings. The second-order valence-corrected chi connectivity index (χ2v) is 7.96. The zero-order valence-corrected chi connectivity index (χ0v) is 14.8. The smallest absolute Gasteiger partial charge is 0.258 e. The Balaban J connectivity index is 2.14. The van der Waals surface area contributed by atoms with E-state index in [1.54, 1.807) is 6.92 Å². The lowest BCUT2D eigenvalue weighted by atomic mass is 9.90. The zero-order chi connectivity index (χ0) is 18.4. The van der Waals surface area contributed by atoms with Crippen LogP contribution in [0.1, 0.15) is 27.9 Å². The van der Waals surface area contributed by atoms with Gasteiger partial charge in [-0.05, 0) is 24.6 Å². The van der Waals surface area contributed by atoms with Crippen LogP contribution in [0.25, 0.3) is 0 Å². The Labute approximate surface area is 145 Å². The molecule has 1 atom stereocenters. The van der Waals surface area contributed by atoms with Crippen LogP contribution >= 0.6 is 0 Å². The summed E-state index contributed by atoms with van der Waals surface area (Å²) in [6, 6.07) is 2.82. The van der Waals surface area contributed by atoms with Crippen molar-refractivity contribution >= 4 is 33.5 Å². The first-order chi connectivity index (χ1) is 11.7. The van der Waals surface area contributed by atoms with Crippen molar-refractivity contribution in [2.75, 3.05) is 19.9 Å². The molecule has 3 rings (SSSR count). The SMILES string of the molecule is Cc1c(C(=O)C2C=NN(C)C2=O)ccc(S(C)(=O)=O)c1C1=NOCC1. The molecule has 0 radical (unpaired) electrons. The van der Waals surface area contributed by atoms with Crippen LogP contribution in [-0.2, 0) is 19.5 Å². The van der Waals surface area contributed by atoms with Crippen molar-refractivity contribution in [3.8, 4) is 0 Å². The van der Waals surface area contributed by atoms with Crippen molar-refractivity contribution in [2.45, 2.75) is 18.2 Å². The monoisotopic (exact) mass is 363 g/mol. The number of nitrogens with zero attached hydrogens (tertiary/aromatic N) is 3. The van der Waals surface area contributed by atoms with Crippen LogP contribution in [0.15, 0.2) is 27.3 Å². The van der Waals surface area contributed by atoms with Gasteiger partial charge in [0.15, 0.2) is 15.6 Å². The summed E-state index contributed by atoms with van der Waals surface area (Å²) in [7, 11) is -2.05. The van der Waals surface area contributed by atoms with E-state index in [1.807, 2.05) is 0 Å². The lowest BCUT2D eigenvalue weighted by molar-refractivity contribution is -0.129. The van der Waals surface area contributed by atoms with Crippen molar-refractivity contribution in [3.05, 3.63) is 28.8 Å². The van der Waals surface area contributed by atoms with Gasteiger partial charge in [-0.3, -0.25) is 9.59 Å². The molecular weight excluding hydrogens is 346 g/mol. The van der Waals surface area contributed by atoms with E-state index in [0.717, 1.165) is 11.3 Å². The van der Waals surface area contributed by atoms with E-state index in [9.17, 15) is 18.0 Å². The maximum atomic E-state index is 12.8. The highest BCUT2D eigenvalue weighted by molar-refractivity contribution is 7.90. The maximum absolute atomic E-state index is 12.8. The topological polar surface area (TPSA) is 105 Å². The predicted octanol–water partition coefficient (Wildman–Crippen LogP) is 0.780. The van der Waals surface area contributed by atoms with Gasteiger partial charge >= 0.3 is 0 Å². The van der Waals surface area contributed by atoms with Crippen LogP contribution in [0.2, 0.25) is 0 Å². The van der Waals surface area contributed by atoms with Crippen molar-refractivity contribution in [1.29, 1.82) is 0 Å². The molecule has 0 aliphatic carbocycles. The number of oxime groups is 1. The van der Waals surface area contributed by atoms with E-state index < -0.39 is 27.4 Å². The minimum Gasteiger partial charge on any atom is -0.395 e. The summed E-state index contributed by atoms with van der Waals surface area (Å²) in [5, 5.41) is 8.84. The average Bonchev–Trinajstić information content (AvgIpc) is 3.17. The van der Waals surface area contributed by atoms with Crippen molar-refractivity contribution in [1.82, 2.24) is 5.01 Å². The van der Waals surface area contributed by atoms with E-state index in [1.165, 1.54) is 25.4 Å². The lowest BCUT2D eigenvalue weighted by Gasteiger charge is -2.15. The van der Waals surface area contributed by atoms with Gasteiger partial charge in [-0.15, -0.1) is 0 Å². The first-order valence-corrected chi connectivity index (χ1v) is 9.49. The Morgan fingerprint density at radius 3 is 2.60 bits per heavy atom. The van der Waals surface area contributed by atoms with Crippen LogP contribution in [0.5, 0.6) is 0 Å². The number of hydrogen-bond donors (Lipinski definition) is 0. The molecule has 9 heteroatoms. The molecule has 2 aliphatic heterocycles. The molecule has 0 saturated heterocycles. The molecule has 132 valence electrons. The van der Waals surface area contributed by atoms with E-state index in [4.69, 9.17) is 4.84 Å². The molecule has 1 amide bonds. The summed E-state index contributed by atoms with van der Waals surface area (Å²) in [5.41, 5.74) is 1.60. The van der Waals surface area contributed by atoms with Gasteiger partial charge in [0.05, 0.1) is 10.6 Å². The summed E-state index contributed by atoms with van der Waals surface area (Å²) in [6.07, 6.45) is 2.85. The number of Topliss-reactive ketones (excluding diaryl/α,β-unsaturated/α-hetero) is 1. The van der Waals surface area contributed by atoms with Crippen LogP contribution < -0.4 is 0 Å². The molecule has 0 aromatic heterocycles. The quantitative estimate of drug-likeness (QED) is 0.580. The van der Waals surface area contributed by atoms with Gasteiger partial charge < -0.3 is 4.84 Å². The summed E-state index contributed by atoms with van der Waals surface area (Å²) in [4.78, 5) is 29.9. The minimum absolute atomic E-state index is 0.0920. The number of amides is 1. The molecule has 0 bridgehead atoms. The molecule has 2 heterocycles. The standard InChI is InChI=1S/C16H17N3O5S/c1-9-10(15(20)11-8-17-19(2)16(11)21)4-5-13(25(3,22)23)14(9)12-6-7-24-18-12/h4-5,8,11H,6-7H2,1-3H3. The number of hydrazone groups is 1. The third-order valence-electron chi connectivity index (χ3n) is 4.24. The molecule has 1 aromatic rings. The summed E-state index contributed by atoms with van der Waals surface area (Å²) in [5.74, 6) is -1.83. The number of carbonyl (C=O) groups is 2. The number of benzene rings is 1. The normalized spacial score (nSPS) is 20.0. The number of hydrogen-bond acceptors (Lipinski definition) is 7. The Bertz CT molecular complexity index is 933. The average molecular weight is 363 g/mol. The number of rotatable bonds is 4. The zero-order valence-electron chi connectivity index (χ0n) is 14.0. The fourth-order valence-corrected chi connectivity index (χ4v) is 3.90. The van der Waals surface area contributed by atoms with Gasteiger partial charge in [0.2, 0.25) is 0 Å². The molecular formula is C16H17N3O5S. The van der Waals surface area contributed by atoms with Gasteiger partial charge in [-0.25, -0.2) is 13.4 Å². The van der Waals surface area contributed by atoms with E-state index in [-0.39, 0.29) is 10.5 Å². The lowest BCUT2D eigenvalue weighted by Crippen LogP contribution is -2.29. The Morgan fingerprint density at radius 2 is 2.08 bits per heavy atom. The first kappa shape index (κ1) is 17.3. The summed E-state index contributed by atoms with van der Waals surface area (Å²) in [6.45, 7) is 2.01. The van der Waals surface area contributed by atoms with Crippen LogP contribution in [-0.4, -0.2) is 57.0 Å². The van der Waals surface area contributed by atoms with Gasteiger partial charge in [0, 0.05) is 37.1 Å². The third-order valence-corrected chi connectivity index (χ3v) is 5.38. The predicted molar refractivity (Wildman–Crippen MR) is 90.5 cm³/mol. The first-order valence-electron chi connectivity index (χ1n) is 7.60. The number of ketones is 1. The molecule has 0 fully saturated rings. The fourth-order valence-electron chi connectivity index (χ4n) is 2.94. The maximum Gasteiger partial charge on any atom is 0.258 e. The van der Waals surface area contributed by atoms with Crippen LogP contribution in [0, 0.1) is 12.8 Å². The Kier molecular flexibility index (Phi) is 4.19. The number of carbonyl (C=O) groups excluding carboxylic acids is 2. The highest BCUT2D eigenvalue weighted by atomic mass is 32.2. The molecule has 0 N–H and O–H groups in total. The minimum atomic E-state index is -3.52. The molecule has 0 spiro atoms.